The molecule has 0 fully saturated rings. The van der Waals surface area contributed by atoms with Gasteiger partial charge in [-0.1, -0.05) is 15.9 Å². The highest BCUT2D eigenvalue weighted by molar-refractivity contribution is 9.10. The smallest absolute Gasteiger partial charge is 0.251 e. The summed E-state index contributed by atoms with van der Waals surface area (Å²) in [7, 11) is 0. The fourth-order valence-electron chi connectivity index (χ4n) is 1.16. The topological polar surface area (TPSA) is 29.1 Å². The number of aryl methyl sites for hydroxylation is 1. The Bertz CT molecular complexity index is 354. The first-order chi connectivity index (χ1) is 7.15. The molecule has 0 aliphatic rings. The highest BCUT2D eigenvalue weighted by atomic mass is 79.9. The number of alkyl halides is 1. The van der Waals surface area contributed by atoms with Crippen LogP contribution >= 0.6 is 27.5 Å². The maximum absolute atomic E-state index is 11.6. The molecular formula is C11H13BrClNO. The Labute approximate surface area is 103 Å². The van der Waals surface area contributed by atoms with Gasteiger partial charge in [0.05, 0.1) is 0 Å². The Morgan fingerprint density at radius 3 is 2.87 bits per heavy atom. The molecule has 1 aromatic carbocycles. The molecule has 1 rings (SSSR count). The molecule has 1 N–H and O–H groups in total. The highest BCUT2D eigenvalue weighted by Crippen LogP contribution is 2.16. The van der Waals surface area contributed by atoms with E-state index in [0.29, 0.717) is 18.0 Å². The number of hydrogen-bond donors (Lipinski definition) is 1. The lowest BCUT2D eigenvalue weighted by Crippen LogP contribution is -2.24. The second kappa shape index (κ2) is 6.13. The van der Waals surface area contributed by atoms with E-state index in [4.69, 9.17) is 11.6 Å². The normalized spacial score (nSPS) is 10.1. The van der Waals surface area contributed by atoms with Gasteiger partial charge in [-0.15, -0.1) is 11.6 Å². The molecule has 15 heavy (non-hydrogen) atoms. The molecule has 0 spiro atoms. The van der Waals surface area contributed by atoms with Crippen molar-refractivity contribution >= 4 is 33.4 Å². The molecule has 2 nitrogen and oxygen atoms in total. The maximum atomic E-state index is 11.6. The van der Waals surface area contributed by atoms with Crippen molar-refractivity contribution in [2.45, 2.75) is 13.3 Å². The molecule has 0 saturated carbocycles. The Balaban J connectivity index is 2.62. The summed E-state index contributed by atoms with van der Waals surface area (Å²) in [5.41, 5.74) is 1.74. The third-order valence-electron chi connectivity index (χ3n) is 2.02. The van der Waals surface area contributed by atoms with Crippen LogP contribution in [0.1, 0.15) is 22.3 Å². The zero-order valence-electron chi connectivity index (χ0n) is 8.52. The minimum Gasteiger partial charge on any atom is -0.352 e. The molecule has 0 unspecified atom stereocenters. The number of halogens is 2. The van der Waals surface area contributed by atoms with Crippen molar-refractivity contribution in [2.75, 3.05) is 12.4 Å². The van der Waals surface area contributed by atoms with Gasteiger partial charge in [-0.3, -0.25) is 4.79 Å². The molecule has 0 bridgehead atoms. The van der Waals surface area contributed by atoms with Gasteiger partial charge in [-0.2, -0.15) is 0 Å². The molecule has 0 heterocycles. The van der Waals surface area contributed by atoms with Gasteiger partial charge in [0, 0.05) is 22.5 Å². The number of carbonyl (C=O) groups excluding carboxylic acids is 1. The van der Waals surface area contributed by atoms with Crippen LogP contribution in [0.5, 0.6) is 0 Å². The first-order valence-electron chi connectivity index (χ1n) is 4.75. The summed E-state index contributed by atoms with van der Waals surface area (Å²) in [4.78, 5) is 11.6. The Morgan fingerprint density at radius 1 is 1.53 bits per heavy atom. The monoisotopic (exact) mass is 289 g/mol. The van der Waals surface area contributed by atoms with E-state index in [0.717, 1.165) is 16.5 Å². The largest absolute Gasteiger partial charge is 0.352 e. The van der Waals surface area contributed by atoms with E-state index >= 15 is 0 Å². The summed E-state index contributed by atoms with van der Waals surface area (Å²) < 4.78 is 1.01. The van der Waals surface area contributed by atoms with E-state index in [9.17, 15) is 4.79 Å². The van der Waals surface area contributed by atoms with E-state index in [-0.39, 0.29) is 5.91 Å². The van der Waals surface area contributed by atoms with Gasteiger partial charge in [0.2, 0.25) is 0 Å². The molecule has 0 radical (unpaired) electrons. The standard InChI is InChI=1S/C11H13BrClNO/c1-8-7-9(3-4-10(8)12)11(15)14-6-2-5-13/h3-4,7H,2,5-6H2,1H3,(H,14,15). The fraction of sp³-hybridized carbons (Fsp3) is 0.364. The number of carbonyl (C=O) groups is 1. The van der Waals surface area contributed by atoms with Gasteiger partial charge in [0.25, 0.3) is 5.91 Å². The number of amides is 1. The number of hydrogen-bond acceptors (Lipinski definition) is 1. The number of rotatable bonds is 4. The SMILES string of the molecule is Cc1cc(C(=O)NCCCCl)ccc1Br. The van der Waals surface area contributed by atoms with Gasteiger partial charge in [-0.05, 0) is 37.1 Å². The summed E-state index contributed by atoms with van der Waals surface area (Å²) in [5, 5.41) is 2.81. The Hall–Kier alpha value is -0.540. The van der Waals surface area contributed by atoms with Crippen LogP contribution in [-0.4, -0.2) is 18.3 Å². The molecule has 0 aliphatic carbocycles. The second-order valence-corrected chi connectivity index (χ2v) is 4.49. The quantitative estimate of drug-likeness (QED) is 0.670. The lowest BCUT2D eigenvalue weighted by molar-refractivity contribution is 0.0953. The molecule has 0 aliphatic heterocycles. The third-order valence-corrected chi connectivity index (χ3v) is 3.17. The summed E-state index contributed by atoms with van der Waals surface area (Å²) in [5.74, 6) is 0.523. The maximum Gasteiger partial charge on any atom is 0.251 e. The molecule has 1 aromatic rings. The first kappa shape index (κ1) is 12.5. The van der Waals surface area contributed by atoms with Crippen molar-refractivity contribution in [2.24, 2.45) is 0 Å². The number of nitrogens with one attached hydrogen (secondary N) is 1. The van der Waals surface area contributed by atoms with Crippen LogP contribution in [0.15, 0.2) is 22.7 Å². The van der Waals surface area contributed by atoms with E-state index < -0.39 is 0 Å². The van der Waals surface area contributed by atoms with E-state index in [1.807, 2.05) is 19.1 Å². The molecule has 1 amide bonds. The van der Waals surface area contributed by atoms with E-state index in [2.05, 4.69) is 21.2 Å². The zero-order chi connectivity index (χ0) is 11.3. The average molecular weight is 291 g/mol. The fourth-order valence-corrected chi connectivity index (χ4v) is 1.54. The van der Waals surface area contributed by atoms with E-state index in [1.54, 1.807) is 6.07 Å². The van der Waals surface area contributed by atoms with Crippen LogP contribution in [-0.2, 0) is 0 Å². The van der Waals surface area contributed by atoms with Gasteiger partial charge < -0.3 is 5.32 Å². The summed E-state index contributed by atoms with van der Waals surface area (Å²) >= 11 is 8.91. The van der Waals surface area contributed by atoms with Gasteiger partial charge in [-0.25, -0.2) is 0 Å². The first-order valence-corrected chi connectivity index (χ1v) is 6.08. The van der Waals surface area contributed by atoms with Crippen molar-refractivity contribution < 1.29 is 4.79 Å². The van der Waals surface area contributed by atoms with Gasteiger partial charge in [0.15, 0.2) is 0 Å². The molecular weight excluding hydrogens is 277 g/mol. The summed E-state index contributed by atoms with van der Waals surface area (Å²) in [6.07, 6.45) is 0.794. The van der Waals surface area contributed by atoms with Gasteiger partial charge >= 0.3 is 0 Å². The minimum absolute atomic E-state index is 0.0456. The van der Waals surface area contributed by atoms with Crippen LogP contribution in [0.25, 0.3) is 0 Å². The van der Waals surface area contributed by atoms with Crippen LogP contribution in [0.3, 0.4) is 0 Å². The molecule has 0 saturated heterocycles. The lowest BCUT2D eigenvalue weighted by Gasteiger charge is -2.05. The summed E-state index contributed by atoms with van der Waals surface area (Å²) in [6, 6.07) is 5.54. The van der Waals surface area contributed by atoms with Crippen molar-refractivity contribution in [3.63, 3.8) is 0 Å². The van der Waals surface area contributed by atoms with Crippen molar-refractivity contribution in [1.29, 1.82) is 0 Å². The predicted molar refractivity (Wildman–Crippen MR) is 66.5 cm³/mol. The molecule has 0 atom stereocenters. The number of benzene rings is 1. The average Bonchev–Trinajstić information content (AvgIpc) is 2.22. The van der Waals surface area contributed by atoms with Gasteiger partial charge in [0.1, 0.15) is 0 Å². The van der Waals surface area contributed by atoms with Crippen molar-refractivity contribution in [1.82, 2.24) is 5.32 Å². The Morgan fingerprint density at radius 2 is 2.27 bits per heavy atom. The van der Waals surface area contributed by atoms with Crippen LogP contribution in [0.4, 0.5) is 0 Å². The molecule has 4 heteroatoms. The van der Waals surface area contributed by atoms with Crippen LogP contribution in [0, 0.1) is 6.92 Å². The van der Waals surface area contributed by atoms with E-state index in [1.165, 1.54) is 0 Å². The van der Waals surface area contributed by atoms with Crippen LogP contribution < -0.4 is 5.32 Å². The third kappa shape index (κ3) is 3.84. The van der Waals surface area contributed by atoms with Crippen molar-refractivity contribution in [3.05, 3.63) is 33.8 Å². The van der Waals surface area contributed by atoms with Crippen LogP contribution in [0.2, 0.25) is 0 Å². The summed E-state index contributed by atoms with van der Waals surface area (Å²) in [6.45, 7) is 2.58. The molecule has 82 valence electrons. The zero-order valence-corrected chi connectivity index (χ0v) is 10.9. The predicted octanol–water partition coefficient (Wildman–Crippen LogP) is 3.12. The molecule has 0 aromatic heterocycles. The highest BCUT2D eigenvalue weighted by Gasteiger charge is 2.05. The minimum atomic E-state index is -0.0456. The lowest BCUT2D eigenvalue weighted by atomic mass is 10.1. The van der Waals surface area contributed by atoms with Crippen molar-refractivity contribution in [3.8, 4) is 0 Å². The second-order valence-electron chi connectivity index (χ2n) is 3.26. The Kier molecular flexibility index (Phi) is 5.12.